The molecule has 0 spiro atoms. The van der Waals surface area contributed by atoms with E-state index in [1.165, 1.54) is 52.2 Å². The molecule has 3 aliphatic heterocycles. The number of rotatable bonds is 3. The first kappa shape index (κ1) is 15.8. The smallest absolute Gasteiger partial charge is 0.310 e. The molecule has 5 heteroatoms. The van der Waals surface area contributed by atoms with Gasteiger partial charge in [-0.15, -0.1) is 0 Å². The van der Waals surface area contributed by atoms with Gasteiger partial charge >= 0.3 is 5.97 Å². The molecule has 0 amide bonds. The van der Waals surface area contributed by atoms with Gasteiger partial charge in [0.15, 0.2) is 0 Å². The lowest BCUT2D eigenvalue weighted by Gasteiger charge is -2.38. The number of fused-ring (bicyclic) bond motifs is 3. The van der Waals surface area contributed by atoms with Gasteiger partial charge < -0.3 is 14.7 Å². The summed E-state index contributed by atoms with van der Waals surface area (Å²) in [5.74, 6) is 0.215. The Morgan fingerprint density at radius 3 is 2.24 bits per heavy atom. The Morgan fingerprint density at radius 1 is 1.33 bits per heavy atom. The molecule has 2 bridgehead atoms. The summed E-state index contributed by atoms with van der Waals surface area (Å²) in [6.07, 6.45) is 5.97. The number of methoxy groups -OCH3 is 1. The van der Waals surface area contributed by atoms with Crippen molar-refractivity contribution in [3.05, 3.63) is 23.9 Å². The Bertz CT molecular complexity index is 430. The summed E-state index contributed by atoms with van der Waals surface area (Å²) in [7, 11) is 1.52. The average molecular weight is 292 g/mol. The summed E-state index contributed by atoms with van der Waals surface area (Å²) in [6.45, 7) is 5.80. The lowest BCUT2D eigenvalue weighted by molar-refractivity contribution is -0.138. The van der Waals surface area contributed by atoms with E-state index < -0.39 is 11.9 Å². The molecule has 116 valence electrons. The highest BCUT2D eigenvalue weighted by Crippen LogP contribution is 2.26. The van der Waals surface area contributed by atoms with Crippen LogP contribution < -0.4 is 4.74 Å². The van der Waals surface area contributed by atoms with Crippen LogP contribution in [0.4, 0.5) is 0 Å². The molecule has 4 heterocycles. The largest absolute Gasteiger partial charge is 0.481 e. The number of hydrogen-bond acceptors (Lipinski definition) is 4. The Labute approximate surface area is 125 Å². The summed E-state index contributed by atoms with van der Waals surface area (Å²) in [5.41, 5.74) is 0.674. The molecule has 0 saturated carbocycles. The minimum absolute atomic E-state index is 0.487. The fourth-order valence-electron chi connectivity index (χ4n) is 2.78. The number of carboxylic acids is 1. The number of carboxylic acid groups (broad SMARTS) is 1. The van der Waals surface area contributed by atoms with Gasteiger partial charge in [0.05, 0.1) is 13.0 Å². The third kappa shape index (κ3) is 4.43. The maximum atomic E-state index is 10.6. The average Bonchev–Trinajstić information content (AvgIpc) is 2.56. The number of hydrogen-bond donors (Lipinski definition) is 1. The molecule has 1 aromatic rings. The van der Waals surface area contributed by atoms with E-state index in [-0.39, 0.29) is 0 Å². The summed E-state index contributed by atoms with van der Waals surface area (Å²) in [4.78, 5) is 17.1. The fraction of sp³-hybridized carbons (Fsp3) is 0.625. The van der Waals surface area contributed by atoms with Crippen molar-refractivity contribution in [2.45, 2.75) is 32.1 Å². The van der Waals surface area contributed by atoms with Crippen molar-refractivity contribution in [2.24, 2.45) is 5.92 Å². The topological polar surface area (TPSA) is 62.7 Å². The Kier molecular flexibility index (Phi) is 5.56. The molecule has 0 radical (unpaired) electrons. The molecule has 1 aromatic heterocycles. The van der Waals surface area contributed by atoms with Gasteiger partial charge in [0, 0.05) is 12.3 Å². The van der Waals surface area contributed by atoms with Gasteiger partial charge in [-0.2, -0.15) is 0 Å². The predicted octanol–water partition coefficient (Wildman–Crippen LogP) is 2.38. The number of aromatic nitrogens is 1. The van der Waals surface area contributed by atoms with Crippen LogP contribution in [0, 0.1) is 5.92 Å². The van der Waals surface area contributed by atoms with Crippen LogP contribution in [0.15, 0.2) is 18.3 Å². The molecule has 3 fully saturated rings. The van der Waals surface area contributed by atoms with E-state index in [4.69, 9.17) is 9.84 Å². The highest BCUT2D eigenvalue weighted by molar-refractivity contribution is 5.75. The molecule has 1 atom stereocenters. The third-order valence-corrected chi connectivity index (χ3v) is 4.40. The second-order valence-electron chi connectivity index (χ2n) is 5.77. The molecule has 21 heavy (non-hydrogen) atoms. The number of piperidine rings is 3. The maximum Gasteiger partial charge on any atom is 0.310 e. The lowest BCUT2D eigenvalue weighted by atomic mass is 9.89. The predicted molar refractivity (Wildman–Crippen MR) is 80.6 cm³/mol. The molecule has 0 aromatic carbocycles. The van der Waals surface area contributed by atoms with E-state index in [2.05, 4.69) is 9.88 Å². The zero-order chi connectivity index (χ0) is 15.2. The van der Waals surface area contributed by atoms with E-state index in [0.29, 0.717) is 11.4 Å². The van der Waals surface area contributed by atoms with E-state index in [1.54, 1.807) is 19.1 Å². The number of pyridine rings is 1. The van der Waals surface area contributed by atoms with Gasteiger partial charge in [-0.3, -0.25) is 4.79 Å². The van der Waals surface area contributed by atoms with E-state index in [0.717, 1.165) is 5.92 Å². The summed E-state index contributed by atoms with van der Waals surface area (Å²) in [5, 5.41) is 8.70. The zero-order valence-corrected chi connectivity index (χ0v) is 12.8. The van der Waals surface area contributed by atoms with E-state index >= 15 is 0 Å². The second kappa shape index (κ2) is 7.41. The standard InChI is InChI=1S/C9H11NO3.C7H13N/c1-6(9(11)12)7-3-4-8(13-2)10-5-7;1-4-8-5-2-7(1)3-6-8/h3-6H,1-2H3,(H,11,12);7H,1-6H2. The zero-order valence-electron chi connectivity index (χ0n) is 12.8. The summed E-state index contributed by atoms with van der Waals surface area (Å²) >= 11 is 0. The van der Waals surface area contributed by atoms with Gasteiger partial charge in [0.25, 0.3) is 0 Å². The Hall–Kier alpha value is -1.62. The van der Waals surface area contributed by atoms with Gasteiger partial charge in [0.1, 0.15) is 0 Å². The molecule has 3 aliphatic rings. The quantitative estimate of drug-likeness (QED) is 0.926. The molecule has 1 N–H and O–H groups in total. The number of ether oxygens (including phenoxy) is 1. The molecular weight excluding hydrogens is 268 g/mol. The van der Waals surface area contributed by atoms with Crippen LogP contribution in [-0.4, -0.2) is 47.7 Å². The van der Waals surface area contributed by atoms with Crippen LogP contribution in [0.3, 0.4) is 0 Å². The van der Waals surface area contributed by atoms with Crippen LogP contribution in [0.2, 0.25) is 0 Å². The number of carbonyl (C=O) groups is 1. The van der Waals surface area contributed by atoms with Crippen molar-refractivity contribution in [1.29, 1.82) is 0 Å². The fourth-order valence-corrected chi connectivity index (χ4v) is 2.78. The van der Waals surface area contributed by atoms with Crippen LogP contribution in [0.25, 0.3) is 0 Å². The van der Waals surface area contributed by atoms with Crippen molar-refractivity contribution >= 4 is 5.97 Å². The van der Waals surface area contributed by atoms with E-state index in [9.17, 15) is 4.79 Å². The monoisotopic (exact) mass is 292 g/mol. The van der Waals surface area contributed by atoms with Crippen LogP contribution in [0.5, 0.6) is 5.88 Å². The summed E-state index contributed by atoms with van der Waals surface area (Å²) in [6, 6.07) is 3.35. The highest BCUT2D eigenvalue weighted by Gasteiger charge is 2.24. The van der Waals surface area contributed by atoms with Crippen molar-refractivity contribution in [1.82, 2.24) is 9.88 Å². The van der Waals surface area contributed by atoms with Gasteiger partial charge in [0.2, 0.25) is 5.88 Å². The van der Waals surface area contributed by atoms with Crippen molar-refractivity contribution in [3.63, 3.8) is 0 Å². The molecule has 4 rings (SSSR count). The minimum atomic E-state index is -0.855. The first-order valence-corrected chi connectivity index (χ1v) is 7.55. The SMILES string of the molecule is C1CN2CCC1CC2.COc1ccc(C(C)C(=O)O)cn1. The van der Waals surface area contributed by atoms with Crippen molar-refractivity contribution in [3.8, 4) is 5.88 Å². The van der Waals surface area contributed by atoms with Gasteiger partial charge in [-0.1, -0.05) is 6.07 Å². The van der Waals surface area contributed by atoms with Crippen LogP contribution in [0.1, 0.15) is 37.7 Å². The van der Waals surface area contributed by atoms with Crippen molar-refractivity contribution in [2.75, 3.05) is 26.7 Å². The first-order valence-electron chi connectivity index (χ1n) is 7.55. The first-order chi connectivity index (χ1) is 10.1. The third-order valence-electron chi connectivity index (χ3n) is 4.40. The van der Waals surface area contributed by atoms with Gasteiger partial charge in [-0.25, -0.2) is 4.98 Å². The molecule has 3 saturated heterocycles. The molecule has 0 aliphatic carbocycles. The number of aliphatic carboxylic acids is 1. The lowest BCUT2D eigenvalue weighted by Crippen LogP contribution is -2.41. The maximum absolute atomic E-state index is 10.6. The summed E-state index contributed by atoms with van der Waals surface area (Å²) < 4.78 is 4.85. The van der Waals surface area contributed by atoms with Crippen LogP contribution in [-0.2, 0) is 4.79 Å². The molecule has 5 nitrogen and oxygen atoms in total. The molecule has 1 unspecified atom stereocenters. The Morgan fingerprint density at radius 2 is 1.95 bits per heavy atom. The second-order valence-corrected chi connectivity index (χ2v) is 5.77. The van der Waals surface area contributed by atoms with Crippen LogP contribution >= 0.6 is 0 Å². The minimum Gasteiger partial charge on any atom is -0.481 e. The Balaban J connectivity index is 0.000000170. The number of nitrogens with zero attached hydrogens (tertiary/aromatic N) is 2. The van der Waals surface area contributed by atoms with Gasteiger partial charge in [-0.05, 0) is 57.3 Å². The molecular formula is C16H24N2O3. The van der Waals surface area contributed by atoms with E-state index in [1.807, 2.05) is 0 Å². The normalized spacial score (nSPS) is 24.7. The highest BCUT2D eigenvalue weighted by atomic mass is 16.5. The van der Waals surface area contributed by atoms with Crippen molar-refractivity contribution < 1.29 is 14.6 Å².